The quantitative estimate of drug-likeness (QED) is 0.919. The first-order valence-corrected chi connectivity index (χ1v) is 7.61. The van der Waals surface area contributed by atoms with Gasteiger partial charge in [0.25, 0.3) is 5.91 Å². The van der Waals surface area contributed by atoms with Crippen LogP contribution in [0.25, 0.3) is 0 Å². The SMILES string of the molecule is Cl.O=C(C1CNCCO1)N1CCCC1Cc1cccc(F)c1. The molecule has 0 aromatic heterocycles. The fourth-order valence-corrected chi connectivity index (χ4v) is 3.18. The third-order valence-corrected chi connectivity index (χ3v) is 4.22. The Morgan fingerprint density at radius 1 is 1.45 bits per heavy atom. The van der Waals surface area contributed by atoms with Gasteiger partial charge in [-0.1, -0.05) is 12.1 Å². The molecule has 0 aliphatic carbocycles. The van der Waals surface area contributed by atoms with Gasteiger partial charge in [-0.25, -0.2) is 4.39 Å². The second-order valence-electron chi connectivity index (χ2n) is 5.73. The summed E-state index contributed by atoms with van der Waals surface area (Å²) in [7, 11) is 0. The first kappa shape index (κ1) is 17.2. The van der Waals surface area contributed by atoms with E-state index >= 15 is 0 Å². The molecule has 1 N–H and O–H groups in total. The normalized spacial score (nSPS) is 24.9. The van der Waals surface area contributed by atoms with Crippen LogP contribution in [0.5, 0.6) is 0 Å². The summed E-state index contributed by atoms with van der Waals surface area (Å²) in [5.41, 5.74) is 0.947. The Bertz CT molecular complexity index is 509. The van der Waals surface area contributed by atoms with E-state index in [-0.39, 0.29) is 36.3 Å². The fraction of sp³-hybridized carbons (Fsp3) is 0.562. The van der Waals surface area contributed by atoms with E-state index in [0.29, 0.717) is 19.6 Å². The molecule has 2 unspecified atom stereocenters. The molecule has 1 aromatic rings. The highest BCUT2D eigenvalue weighted by Gasteiger charge is 2.34. The van der Waals surface area contributed by atoms with Gasteiger partial charge in [-0.3, -0.25) is 4.79 Å². The van der Waals surface area contributed by atoms with Crippen LogP contribution in [0.4, 0.5) is 4.39 Å². The summed E-state index contributed by atoms with van der Waals surface area (Å²) in [6, 6.07) is 6.80. The van der Waals surface area contributed by atoms with E-state index in [9.17, 15) is 9.18 Å². The molecule has 2 atom stereocenters. The van der Waals surface area contributed by atoms with E-state index in [1.54, 1.807) is 12.1 Å². The molecule has 2 saturated heterocycles. The number of nitrogens with zero attached hydrogens (tertiary/aromatic N) is 1. The van der Waals surface area contributed by atoms with Crippen molar-refractivity contribution in [2.24, 2.45) is 0 Å². The van der Waals surface area contributed by atoms with E-state index in [4.69, 9.17) is 4.74 Å². The van der Waals surface area contributed by atoms with Gasteiger partial charge in [-0.05, 0) is 37.0 Å². The summed E-state index contributed by atoms with van der Waals surface area (Å²) in [5, 5.41) is 3.19. The van der Waals surface area contributed by atoms with Crippen LogP contribution in [0, 0.1) is 5.82 Å². The third-order valence-electron chi connectivity index (χ3n) is 4.22. The summed E-state index contributed by atoms with van der Waals surface area (Å²) in [5.74, 6) is -0.149. The van der Waals surface area contributed by atoms with Crippen molar-refractivity contribution in [3.05, 3.63) is 35.6 Å². The second-order valence-corrected chi connectivity index (χ2v) is 5.73. The van der Waals surface area contributed by atoms with Gasteiger partial charge in [0.2, 0.25) is 0 Å². The number of rotatable bonds is 3. The molecule has 2 heterocycles. The van der Waals surface area contributed by atoms with Gasteiger partial charge >= 0.3 is 0 Å². The number of carbonyl (C=O) groups is 1. The number of hydrogen-bond acceptors (Lipinski definition) is 3. The monoisotopic (exact) mass is 328 g/mol. The maximum atomic E-state index is 13.3. The molecule has 0 spiro atoms. The van der Waals surface area contributed by atoms with Crippen molar-refractivity contribution in [1.82, 2.24) is 10.2 Å². The van der Waals surface area contributed by atoms with Crippen molar-refractivity contribution in [3.63, 3.8) is 0 Å². The van der Waals surface area contributed by atoms with Gasteiger partial charge in [0, 0.05) is 25.7 Å². The van der Waals surface area contributed by atoms with Crippen molar-refractivity contribution >= 4 is 18.3 Å². The number of amides is 1. The molecule has 0 bridgehead atoms. The van der Waals surface area contributed by atoms with Crippen LogP contribution in [0.15, 0.2) is 24.3 Å². The van der Waals surface area contributed by atoms with Crippen LogP contribution in [0.3, 0.4) is 0 Å². The number of morpholine rings is 1. The summed E-state index contributed by atoms with van der Waals surface area (Å²) in [4.78, 5) is 14.5. The van der Waals surface area contributed by atoms with Crippen molar-refractivity contribution in [2.75, 3.05) is 26.2 Å². The number of benzene rings is 1. The Kier molecular flexibility index (Phi) is 6.17. The molecule has 2 aliphatic rings. The average molecular weight is 329 g/mol. The van der Waals surface area contributed by atoms with Gasteiger partial charge in [0.15, 0.2) is 0 Å². The van der Waals surface area contributed by atoms with E-state index in [2.05, 4.69) is 5.32 Å². The van der Waals surface area contributed by atoms with E-state index in [0.717, 1.165) is 31.5 Å². The molecule has 22 heavy (non-hydrogen) atoms. The van der Waals surface area contributed by atoms with Gasteiger partial charge < -0.3 is 15.0 Å². The van der Waals surface area contributed by atoms with Crippen LogP contribution in [-0.2, 0) is 16.0 Å². The lowest BCUT2D eigenvalue weighted by Crippen LogP contribution is -2.51. The smallest absolute Gasteiger partial charge is 0.253 e. The van der Waals surface area contributed by atoms with Crippen molar-refractivity contribution in [1.29, 1.82) is 0 Å². The summed E-state index contributed by atoms with van der Waals surface area (Å²) >= 11 is 0. The lowest BCUT2D eigenvalue weighted by atomic mass is 10.0. The zero-order valence-corrected chi connectivity index (χ0v) is 13.3. The molecule has 3 rings (SSSR count). The van der Waals surface area contributed by atoms with Gasteiger partial charge in [-0.2, -0.15) is 0 Å². The molecule has 122 valence electrons. The number of nitrogens with one attached hydrogen (secondary N) is 1. The lowest BCUT2D eigenvalue weighted by Gasteiger charge is -2.31. The summed E-state index contributed by atoms with van der Waals surface area (Å²) in [6.07, 6.45) is 2.32. The average Bonchev–Trinajstić information content (AvgIpc) is 2.95. The topological polar surface area (TPSA) is 41.6 Å². The minimum Gasteiger partial charge on any atom is -0.366 e. The third kappa shape index (κ3) is 3.97. The molecule has 1 aromatic carbocycles. The van der Waals surface area contributed by atoms with Crippen LogP contribution < -0.4 is 5.32 Å². The maximum absolute atomic E-state index is 13.3. The number of ether oxygens (including phenoxy) is 1. The molecule has 2 aliphatic heterocycles. The Hall–Kier alpha value is -1.17. The van der Waals surface area contributed by atoms with Crippen LogP contribution >= 0.6 is 12.4 Å². The predicted octanol–water partition coefficient (Wildman–Crippen LogP) is 1.77. The largest absolute Gasteiger partial charge is 0.366 e. The molecule has 2 fully saturated rings. The van der Waals surface area contributed by atoms with E-state index < -0.39 is 0 Å². The maximum Gasteiger partial charge on any atom is 0.253 e. The Morgan fingerprint density at radius 2 is 2.32 bits per heavy atom. The zero-order valence-electron chi connectivity index (χ0n) is 12.5. The van der Waals surface area contributed by atoms with Gasteiger partial charge in [-0.15, -0.1) is 12.4 Å². The first-order chi connectivity index (χ1) is 10.2. The van der Waals surface area contributed by atoms with Crippen LogP contribution in [0.1, 0.15) is 18.4 Å². The Morgan fingerprint density at radius 3 is 3.05 bits per heavy atom. The minimum atomic E-state index is -0.369. The highest BCUT2D eigenvalue weighted by atomic mass is 35.5. The molecular formula is C16H22ClFN2O2. The molecule has 6 heteroatoms. The number of likely N-dealkylation sites (tertiary alicyclic amines) is 1. The molecule has 0 radical (unpaired) electrons. The predicted molar refractivity (Wildman–Crippen MR) is 84.7 cm³/mol. The van der Waals surface area contributed by atoms with Crippen LogP contribution in [-0.4, -0.2) is 49.2 Å². The standard InChI is InChI=1S/C16H21FN2O2.ClH/c17-13-4-1-3-12(9-13)10-14-5-2-7-19(14)16(20)15-11-18-6-8-21-15;/h1,3-4,9,14-15,18H,2,5-8,10-11H2;1H. The fourth-order valence-electron chi connectivity index (χ4n) is 3.18. The van der Waals surface area contributed by atoms with E-state index in [1.807, 2.05) is 11.0 Å². The van der Waals surface area contributed by atoms with Crippen molar-refractivity contribution in [3.8, 4) is 0 Å². The van der Waals surface area contributed by atoms with Crippen molar-refractivity contribution < 1.29 is 13.9 Å². The lowest BCUT2D eigenvalue weighted by molar-refractivity contribution is -0.146. The first-order valence-electron chi connectivity index (χ1n) is 7.61. The second kappa shape index (κ2) is 7.90. The minimum absolute atomic E-state index is 0. The summed E-state index contributed by atoms with van der Waals surface area (Å²) < 4.78 is 18.8. The van der Waals surface area contributed by atoms with Gasteiger partial charge in [0.1, 0.15) is 11.9 Å². The number of halogens is 2. The summed E-state index contributed by atoms with van der Waals surface area (Å²) in [6.45, 7) is 2.75. The Labute approximate surface area is 136 Å². The molecule has 0 saturated carbocycles. The highest BCUT2D eigenvalue weighted by Crippen LogP contribution is 2.23. The number of hydrogen-bond donors (Lipinski definition) is 1. The zero-order chi connectivity index (χ0) is 14.7. The highest BCUT2D eigenvalue weighted by molar-refractivity contribution is 5.85. The molecule has 4 nitrogen and oxygen atoms in total. The number of carbonyl (C=O) groups excluding carboxylic acids is 1. The van der Waals surface area contributed by atoms with Gasteiger partial charge in [0.05, 0.1) is 6.61 Å². The van der Waals surface area contributed by atoms with Crippen molar-refractivity contribution in [2.45, 2.75) is 31.4 Å². The molecule has 1 amide bonds. The molecular weight excluding hydrogens is 307 g/mol. The Balaban J connectivity index is 0.00000176. The van der Waals surface area contributed by atoms with Crippen LogP contribution in [0.2, 0.25) is 0 Å². The van der Waals surface area contributed by atoms with E-state index in [1.165, 1.54) is 6.07 Å².